The Balaban J connectivity index is 1.42. The zero-order chi connectivity index (χ0) is 13.1. The van der Waals surface area contributed by atoms with Crippen molar-refractivity contribution in [3.8, 4) is 0 Å². The molecule has 2 fully saturated rings. The van der Waals surface area contributed by atoms with Crippen molar-refractivity contribution in [2.45, 2.75) is 38.5 Å². The van der Waals surface area contributed by atoms with E-state index in [4.69, 9.17) is 4.99 Å². The molecule has 0 aromatic rings. The molecule has 1 saturated carbocycles. The van der Waals surface area contributed by atoms with Crippen LogP contribution in [0.15, 0.2) is 4.99 Å². The van der Waals surface area contributed by atoms with Crippen LogP contribution in [-0.2, 0) is 0 Å². The first-order valence-corrected chi connectivity index (χ1v) is 8.84. The quantitative estimate of drug-likeness (QED) is 0.843. The molecule has 0 radical (unpaired) electrons. The second kappa shape index (κ2) is 6.04. The smallest absolute Gasteiger partial charge is 0.156 e. The summed E-state index contributed by atoms with van der Waals surface area (Å²) in [5.41, 5.74) is 0.573. The van der Waals surface area contributed by atoms with Crippen molar-refractivity contribution in [3.05, 3.63) is 0 Å². The molecule has 0 aromatic carbocycles. The van der Waals surface area contributed by atoms with E-state index in [1.165, 1.54) is 62.5 Å². The highest BCUT2D eigenvalue weighted by molar-refractivity contribution is 8.13. The van der Waals surface area contributed by atoms with Gasteiger partial charge in [0.05, 0.1) is 0 Å². The number of amidine groups is 1. The first kappa shape index (κ1) is 13.7. The number of rotatable bonds is 2. The summed E-state index contributed by atoms with van der Waals surface area (Å²) in [4.78, 5) is 7.26. The Labute approximate surface area is 121 Å². The summed E-state index contributed by atoms with van der Waals surface area (Å²) in [6.45, 7) is 4.73. The zero-order valence-electron chi connectivity index (χ0n) is 12.2. The van der Waals surface area contributed by atoms with Gasteiger partial charge < -0.3 is 10.2 Å². The van der Waals surface area contributed by atoms with E-state index >= 15 is 0 Å². The lowest BCUT2D eigenvalue weighted by atomic mass is 9.89. The SMILES string of the molecule is CN1CCC(CNC2=NCC3(CCCC3)CS2)CC1. The monoisotopic (exact) mass is 281 g/mol. The molecule has 1 spiro atoms. The van der Waals surface area contributed by atoms with Crippen molar-refractivity contribution in [1.29, 1.82) is 0 Å². The minimum Gasteiger partial charge on any atom is -0.365 e. The van der Waals surface area contributed by atoms with Crippen molar-refractivity contribution in [2.75, 3.05) is 39.0 Å². The molecule has 0 unspecified atom stereocenters. The van der Waals surface area contributed by atoms with Crippen molar-refractivity contribution < 1.29 is 0 Å². The lowest BCUT2D eigenvalue weighted by Gasteiger charge is -2.32. The molecular formula is C15H27N3S. The number of nitrogens with one attached hydrogen (secondary N) is 1. The van der Waals surface area contributed by atoms with Gasteiger partial charge in [0.15, 0.2) is 5.17 Å². The maximum absolute atomic E-state index is 4.82. The summed E-state index contributed by atoms with van der Waals surface area (Å²) >= 11 is 1.98. The van der Waals surface area contributed by atoms with Crippen LogP contribution in [0.25, 0.3) is 0 Å². The Bertz CT molecular complexity index is 328. The van der Waals surface area contributed by atoms with Crippen molar-refractivity contribution in [2.24, 2.45) is 16.3 Å². The number of nitrogens with zero attached hydrogens (tertiary/aromatic N) is 2. The fraction of sp³-hybridized carbons (Fsp3) is 0.933. The van der Waals surface area contributed by atoms with Crippen LogP contribution in [0, 0.1) is 11.3 Å². The van der Waals surface area contributed by atoms with Gasteiger partial charge in [0.2, 0.25) is 0 Å². The van der Waals surface area contributed by atoms with Crippen molar-refractivity contribution in [3.63, 3.8) is 0 Å². The molecule has 0 bridgehead atoms. The normalized spacial score (nSPS) is 28.6. The van der Waals surface area contributed by atoms with Gasteiger partial charge in [0.25, 0.3) is 0 Å². The summed E-state index contributed by atoms with van der Waals surface area (Å²) in [5.74, 6) is 2.15. The molecule has 108 valence electrons. The standard InChI is InChI=1S/C15H27N3S/c1-18-8-4-13(5-9-18)10-16-14-17-11-15(12-19-14)6-2-3-7-15/h13H,2-12H2,1H3,(H,16,17). The summed E-state index contributed by atoms with van der Waals surface area (Å²) in [7, 11) is 2.23. The van der Waals surface area contributed by atoms with Gasteiger partial charge in [-0.3, -0.25) is 4.99 Å². The Hall–Kier alpha value is -0.220. The molecule has 0 atom stereocenters. The van der Waals surface area contributed by atoms with Crippen LogP contribution >= 0.6 is 11.8 Å². The van der Waals surface area contributed by atoms with Gasteiger partial charge in [0.1, 0.15) is 0 Å². The van der Waals surface area contributed by atoms with Gasteiger partial charge in [-0.1, -0.05) is 24.6 Å². The lowest BCUT2D eigenvalue weighted by molar-refractivity contribution is 0.220. The highest BCUT2D eigenvalue weighted by atomic mass is 32.2. The molecule has 1 saturated heterocycles. The molecule has 2 aliphatic heterocycles. The third-order valence-electron chi connectivity index (χ3n) is 5.12. The van der Waals surface area contributed by atoms with E-state index in [2.05, 4.69) is 17.3 Å². The molecule has 0 aromatic heterocycles. The second-order valence-corrected chi connectivity index (χ2v) is 7.71. The van der Waals surface area contributed by atoms with Crippen molar-refractivity contribution >= 4 is 16.9 Å². The van der Waals surface area contributed by atoms with E-state index in [0.717, 1.165) is 19.0 Å². The average Bonchev–Trinajstić information content (AvgIpc) is 2.89. The van der Waals surface area contributed by atoms with Gasteiger partial charge in [-0.2, -0.15) is 0 Å². The van der Waals surface area contributed by atoms with Gasteiger partial charge in [-0.15, -0.1) is 0 Å². The number of hydrogen-bond donors (Lipinski definition) is 1. The topological polar surface area (TPSA) is 27.6 Å². The van der Waals surface area contributed by atoms with Gasteiger partial charge in [-0.25, -0.2) is 0 Å². The van der Waals surface area contributed by atoms with Gasteiger partial charge in [0, 0.05) is 18.8 Å². The van der Waals surface area contributed by atoms with E-state index in [1.54, 1.807) is 0 Å². The fourth-order valence-electron chi connectivity index (χ4n) is 3.58. The van der Waals surface area contributed by atoms with E-state index in [-0.39, 0.29) is 0 Å². The lowest BCUT2D eigenvalue weighted by Crippen LogP contribution is -2.38. The summed E-state index contributed by atoms with van der Waals surface area (Å²) in [6, 6.07) is 0. The largest absolute Gasteiger partial charge is 0.365 e. The molecule has 1 aliphatic carbocycles. The van der Waals surface area contributed by atoms with E-state index in [9.17, 15) is 0 Å². The van der Waals surface area contributed by atoms with Crippen LogP contribution in [0.4, 0.5) is 0 Å². The predicted molar refractivity (Wildman–Crippen MR) is 83.9 cm³/mol. The molecule has 3 rings (SSSR count). The van der Waals surface area contributed by atoms with Gasteiger partial charge in [-0.05, 0) is 57.2 Å². The number of likely N-dealkylation sites (tertiary alicyclic amines) is 1. The first-order valence-electron chi connectivity index (χ1n) is 7.85. The van der Waals surface area contributed by atoms with Gasteiger partial charge >= 0.3 is 0 Å². The summed E-state index contributed by atoms with van der Waals surface area (Å²) in [6.07, 6.45) is 8.34. The van der Waals surface area contributed by atoms with Crippen LogP contribution in [0.3, 0.4) is 0 Å². The van der Waals surface area contributed by atoms with E-state index < -0.39 is 0 Å². The minimum absolute atomic E-state index is 0.573. The highest BCUT2D eigenvalue weighted by Crippen LogP contribution is 2.43. The van der Waals surface area contributed by atoms with Crippen LogP contribution in [0.5, 0.6) is 0 Å². The van der Waals surface area contributed by atoms with Crippen LogP contribution in [-0.4, -0.2) is 49.0 Å². The van der Waals surface area contributed by atoms with E-state index in [1.807, 2.05) is 11.8 Å². The first-order chi connectivity index (χ1) is 9.26. The molecule has 3 nitrogen and oxygen atoms in total. The van der Waals surface area contributed by atoms with Crippen LogP contribution in [0.1, 0.15) is 38.5 Å². The third-order valence-corrected chi connectivity index (χ3v) is 6.42. The minimum atomic E-state index is 0.573. The number of aliphatic imine (C=N–C) groups is 1. The Morgan fingerprint density at radius 2 is 2.05 bits per heavy atom. The number of hydrogen-bond acceptors (Lipinski definition) is 4. The Morgan fingerprint density at radius 3 is 2.68 bits per heavy atom. The molecular weight excluding hydrogens is 254 g/mol. The molecule has 3 aliphatic rings. The molecule has 0 amide bonds. The average molecular weight is 281 g/mol. The Morgan fingerprint density at radius 1 is 1.32 bits per heavy atom. The Kier molecular flexibility index (Phi) is 4.37. The number of thioether (sulfide) groups is 1. The maximum atomic E-state index is 4.82. The summed E-state index contributed by atoms with van der Waals surface area (Å²) in [5, 5.41) is 4.83. The molecule has 19 heavy (non-hydrogen) atoms. The summed E-state index contributed by atoms with van der Waals surface area (Å²) < 4.78 is 0. The van der Waals surface area contributed by atoms with Crippen LogP contribution < -0.4 is 5.32 Å². The van der Waals surface area contributed by atoms with Crippen LogP contribution in [0.2, 0.25) is 0 Å². The van der Waals surface area contributed by atoms with E-state index in [0.29, 0.717) is 5.41 Å². The predicted octanol–water partition coefficient (Wildman–Crippen LogP) is 2.58. The zero-order valence-corrected chi connectivity index (χ0v) is 13.0. The highest BCUT2D eigenvalue weighted by Gasteiger charge is 2.36. The maximum Gasteiger partial charge on any atom is 0.156 e. The molecule has 4 heteroatoms. The van der Waals surface area contributed by atoms with Crippen molar-refractivity contribution in [1.82, 2.24) is 10.2 Å². The number of piperidine rings is 1. The second-order valence-electron chi connectivity index (χ2n) is 6.74. The molecule has 1 N–H and O–H groups in total. The molecule has 2 heterocycles. The fourth-order valence-corrected chi connectivity index (χ4v) is 4.75. The third kappa shape index (κ3) is 3.46.